The summed E-state index contributed by atoms with van der Waals surface area (Å²) in [5, 5.41) is 6.49. The first kappa shape index (κ1) is 22.3. The number of hydrogen-bond acceptors (Lipinski definition) is 5. The standard InChI is InChI=1S/C27H26N2OS2/c1-2-13-29(14-6-9-25-8-3-4-12-28-25)18-22-7-5-10-26(16-22)30-19-27-17-24(21-32-27)23-11-15-31-20-23/h3-5,7-8,10-12,15-17,20-21H,2,13-14,18-19H2,1H3. The first-order chi connectivity index (χ1) is 15.8. The lowest BCUT2D eigenvalue weighted by Crippen LogP contribution is -2.24. The molecule has 0 saturated carbocycles. The van der Waals surface area contributed by atoms with Crippen molar-refractivity contribution < 1.29 is 4.74 Å². The number of benzene rings is 1. The third-order valence-electron chi connectivity index (χ3n) is 4.92. The van der Waals surface area contributed by atoms with Crippen LogP contribution in [0.1, 0.15) is 29.5 Å². The molecule has 0 aliphatic carbocycles. The topological polar surface area (TPSA) is 25.4 Å². The molecule has 0 saturated heterocycles. The van der Waals surface area contributed by atoms with Gasteiger partial charge >= 0.3 is 0 Å². The average Bonchev–Trinajstić information content (AvgIpc) is 3.51. The fourth-order valence-corrected chi connectivity index (χ4v) is 4.86. The Bertz CT molecular complexity index is 1160. The van der Waals surface area contributed by atoms with Gasteiger partial charge in [0.05, 0.1) is 6.54 Å². The van der Waals surface area contributed by atoms with Gasteiger partial charge in [0.1, 0.15) is 18.1 Å². The predicted octanol–water partition coefficient (Wildman–Crippen LogP) is 6.71. The molecular formula is C27H26N2OS2. The normalized spacial score (nSPS) is 10.7. The summed E-state index contributed by atoms with van der Waals surface area (Å²) in [5.74, 6) is 7.33. The molecule has 3 nitrogen and oxygen atoms in total. The van der Waals surface area contributed by atoms with Crippen LogP contribution in [0.5, 0.6) is 5.75 Å². The van der Waals surface area contributed by atoms with Gasteiger partial charge in [0, 0.05) is 17.6 Å². The molecule has 0 amide bonds. The lowest BCUT2D eigenvalue weighted by atomic mass is 10.2. The van der Waals surface area contributed by atoms with Crippen molar-refractivity contribution in [2.75, 3.05) is 13.1 Å². The zero-order valence-corrected chi connectivity index (χ0v) is 19.8. The predicted molar refractivity (Wildman–Crippen MR) is 135 cm³/mol. The molecule has 0 atom stereocenters. The van der Waals surface area contributed by atoms with Crippen molar-refractivity contribution in [2.24, 2.45) is 0 Å². The van der Waals surface area contributed by atoms with Crippen LogP contribution < -0.4 is 4.74 Å². The van der Waals surface area contributed by atoms with Crippen molar-refractivity contribution in [1.82, 2.24) is 9.88 Å². The molecule has 0 bridgehead atoms. The minimum absolute atomic E-state index is 0.590. The van der Waals surface area contributed by atoms with Gasteiger partial charge in [-0.25, -0.2) is 4.98 Å². The molecule has 0 spiro atoms. The van der Waals surface area contributed by atoms with Gasteiger partial charge in [-0.05, 0) is 88.1 Å². The molecule has 5 heteroatoms. The minimum Gasteiger partial charge on any atom is -0.488 e. The number of aromatic nitrogens is 1. The molecule has 0 unspecified atom stereocenters. The van der Waals surface area contributed by atoms with Crippen molar-refractivity contribution in [1.29, 1.82) is 0 Å². The van der Waals surface area contributed by atoms with E-state index in [9.17, 15) is 0 Å². The number of pyridine rings is 1. The lowest BCUT2D eigenvalue weighted by molar-refractivity contribution is 0.294. The van der Waals surface area contributed by atoms with Gasteiger partial charge in [0.25, 0.3) is 0 Å². The highest BCUT2D eigenvalue weighted by atomic mass is 32.1. The van der Waals surface area contributed by atoms with Gasteiger partial charge < -0.3 is 4.74 Å². The molecule has 0 aliphatic heterocycles. The quantitative estimate of drug-likeness (QED) is 0.261. The third kappa shape index (κ3) is 6.54. The molecule has 32 heavy (non-hydrogen) atoms. The highest BCUT2D eigenvalue weighted by Crippen LogP contribution is 2.28. The molecule has 162 valence electrons. The van der Waals surface area contributed by atoms with Crippen molar-refractivity contribution in [3.8, 4) is 28.7 Å². The highest BCUT2D eigenvalue weighted by molar-refractivity contribution is 7.10. The monoisotopic (exact) mass is 458 g/mol. The third-order valence-corrected chi connectivity index (χ3v) is 6.51. The van der Waals surface area contributed by atoms with Gasteiger partial charge in [-0.3, -0.25) is 4.90 Å². The zero-order valence-electron chi connectivity index (χ0n) is 18.2. The molecule has 0 fully saturated rings. The maximum Gasteiger partial charge on any atom is 0.122 e. The number of hydrogen-bond donors (Lipinski definition) is 0. The van der Waals surface area contributed by atoms with E-state index in [0.717, 1.165) is 37.5 Å². The van der Waals surface area contributed by atoms with Crippen LogP contribution in [0.2, 0.25) is 0 Å². The maximum absolute atomic E-state index is 6.10. The number of rotatable bonds is 9. The van der Waals surface area contributed by atoms with E-state index in [1.807, 2.05) is 24.3 Å². The summed E-state index contributed by atoms with van der Waals surface area (Å²) < 4.78 is 6.10. The molecule has 0 N–H and O–H groups in total. The van der Waals surface area contributed by atoms with Crippen molar-refractivity contribution >= 4 is 22.7 Å². The largest absolute Gasteiger partial charge is 0.488 e. The van der Waals surface area contributed by atoms with E-state index >= 15 is 0 Å². The summed E-state index contributed by atoms with van der Waals surface area (Å²) in [6.07, 6.45) is 2.87. The SMILES string of the molecule is CCCN(CC#Cc1ccccn1)Cc1cccc(OCc2cc(-c3ccsc3)cs2)c1. The average molecular weight is 459 g/mol. The minimum atomic E-state index is 0.590. The second kappa shape index (κ2) is 11.6. The van der Waals surface area contributed by atoms with E-state index in [-0.39, 0.29) is 0 Å². The van der Waals surface area contributed by atoms with Crippen molar-refractivity contribution in [2.45, 2.75) is 26.5 Å². The van der Waals surface area contributed by atoms with E-state index in [1.165, 1.54) is 21.6 Å². The van der Waals surface area contributed by atoms with Crippen molar-refractivity contribution in [3.63, 3.8) is 0 Å². The Kier molecular flexibility index (Phi) is 8.11. The first-order valence-corrected chi connectivity index (χ1v) is 12.6. The van der Waals surface area contributed by atoms with Gasteiger partial charge in [0.2, 0.25) is 0 Å². The fourth-order valence-electron chi connectivity index (χ4n) is 3.39. The van der Waals surface area contributed by atoms with E-state index in [2.05, 4.69) is 75.1 Å². The van der Waals surface area contributed by atoms with Crippen molar-refractivity contribution in [3.05, 3.63) is 93.1 Å². The van der Waals surface area contributed by atoms with Crippen LogP contribution in [0.4, 0.5) is 0 Å². The molecule has 0 aliphatic rings. The van der Waals surface area contributed by atoms with Crippen LogP contribution >= 0.6 is 22.7 Å². The van der Waals surface area contributed by atoms with Gasteiger partial charge in [-0.15, -0.1) is 11.3 Å². The smallest absolute Gasteiger partial charge is 0.122 e. The van der Waals surface area contributed by atoms with E-state index in [4.69, 9.17) is 4.74 Å². The van der Waals surface area contributed by atoms with Crippen LogP contribution in [-0.4, -0.2) is 23.0 Å². The van der Waals surface area contributed by atoms with Gasteiger partial charge in [-0.2, -0.15) is 11.3 Å². The highest BCUT2D eigenvalue weighted by Gasteiger charge is 2.07. The number of thiophene rings is 2. The van der Waals surface area contributed by atoms with Crippen LogP contribution in [0.3, 0.4) is 0 Å². The Morgan fingerprint density at radius 3 is 2.81 bits per heavy atom. The van der Waals surface area contributed by atoms with Gasteiger partial charge in [-0.1, -0.05) is 31.0 Å². The Balaban J connectivity index is 1.34. The molecule has 4 rings (SSSR count). The second-order valence-electron chi connectivity index (χ2n) is 7.48. The van der Waals surface area contributed by atoms with E-state index in [0.29, 0.717) is 6.61 Å². The van der Waals surface area contributed by atoms with Crippen LogP contribution in [-0.2, 0) is 13.2 Å². The Morgan fingerprint density at radius 2 is 2.00 bits per heavy atom. The van der Waals surface area contributed by atoms with E-state index < -0.39 is 0 Å². The van der Waals surface area contributed by atoms with Crippen LogP contribution in [0, 0.1) is 11.8 Å². The number of ether oxygens (including phenoxy) is 1. The Labute approximate surface area is 198 Å². The first-order valence-electron chi connectivity index (χ1n) is 10.7. The fraction of sp³-hybridized carbons (Fsp3) is 0.222. The van der Waals surface area contributed by atoms with Gasteiger partial charge in [0.15, 0.2) is 0 Å². The summed E-state index contributed by atoms with van der Waals surface area (Å²) in [6.45, 7) is 5.36. The molecule has 0 radical (unpaired) electrons. The van der Waals surface area contributed by atoms with E-state index in [1.54, 1.807) is 28.9 Å². The Hall–Kier alpha value is -2.91. The molecule has 4 aromatic rings. The second-order valence-corrected chi connectivity index (χ2v) is 9.25. The summed E-state index contributed by atoms with van der Waals surface area (Å²) in [4.78, 5) is 7.86. The zero-order chi connectivity index (χ0) is 22.0. The molecule has 3 aromatic heterocycles. The summed E-state index contributed by atoms with van der Waals surface area (Å²) in [6, 6.07) is 18.6. The molecule has 3 heterocycles. The summed E-state index contributed by atoms with van der Waals surface area (Å²) in [5.41, 5.74) is 4.60. The van der Waals surface area contributed by atoms with Crippen LogP contribution in [0.15, 0.2) is 76.9 Å². The number of nitrogens with zero attached hydrogens (tertiary/aromatic N) is 2. The molecular weight excluding hydrogens is 432 g/mol. The Morgan fingerprint density at radius 1 is 1.03 bits per heavy atom. The lowest BCUT2D eigenvalue weighted by Gasteiger charge is -2.19. The maximum atomic E-state index is 6.10. The summed E-state index contributed by atoms with van der Waals surface area (Å²) >= 11 is 3.47. The summed E-state index contributed by atoms with van der Waals surface area (Å²) in [7, 11) is 0. The van der Waals surface area contributed by atoms with Crippen LogP contribution in [0.25, 0.3) is 11.1 Å². The molecule has 1 aromatic carbocycles.